The number of aliphatic hydroxyl groups is 1. The fourth-order valence-corrected chi connectivity index (χ4v) is 3.38. The largest absolute Gasteiger partial charge is 0.389 e. The number of aromatic nitrogens is 2. The summed E-state index contributed by atoms with van der Waals surface area (Å²) in [6.45, 7) is 8.13. The zero-order valence-corrected chi connectivity index (χ0v) is 14.7. The van der Waals surface area contributed by atoms with Gasteiger partial charge in [-0.1, -0.05) is 6.07 Å². The Kier molecular flexibility index (Phi) is 5.08. The quantitative estimate of drug-likeness (QED) is 0.644. The Bertz CT molecular complexity index is 683. The molecule has 0 aliphatic carbocycles. The highest BCUT2D eigenvalue weighted by Crippen LogP contribution is 2.22. The molecule has 6 nitrogen and oxygen atoms in total. The molecule has 0 radical (unpaired) electrons. The number of imidazole rings is 1. The second-order valence-corrected chi connectivity index (χ2v) is 7.53. The molecule has 2 heterocycles. The number of nitrogens with zero attached hydrogens (tertiary/aromatic N) is 2. The summed E-state index contributed by atoms with van der Waals surface area (Å²) in [5.41, 5.74) is 8.26. The Morgan fingerprint density at radius 3 is 3.00 bits per heavy atom. The molecule has 2 aromatic rings. The SMILES string of the molecule is CC(C)(O)Cn1c(N)nc2cc(CNCC3CCCNC3)ccc21. The minimum atomic E-state index is -0.823. The van der Waals surface area contributed by atoms with Crippen LogP contribution in [0, 0.1) is 5.92 Å². The maximum Gasteiger partial charge on any atom is 0.201 e. The summed E-state index contributed by atoms with van der Waals surface area (Å²) >= 11 is 0. The predicted octanol–water partition coefficient (Wildman–Crippen LogP) is 1.48. The molecule has 132 valence electrons. The third-order valence-electron chi connectivity index (χ3n) is 4.55. The zero-order chi connectivity index (χ0) is 17.2. The van der Waals surface area contributed by atoms with Crippen molar-refractivity contribution in [3.05, 3.63) is 23.8 Å². The average Bonchev–Trinajstić information content (AvgIpc) is 2.82. The standard InChI is InChI=1S/C18H29N5O/c1-18(2,24)12-23-16-6-5-13(8-15(16)22-17(23)19)9-21-11-14-4-3-7-20-10-14/h5-6,8,14,20-21,24H,3-4,7,9-12H2,1-2H3,(H2,19,22). The number of hydrogen-bond acceptors (Lipinski definition) is 5. The Morgan fingerprint density at radius 2 is 2.29 bits per heavy atom. The smallest absolute Gasteiger partial charge is 0.201 e. The maximum atomic E-state index is 10.0. The number of benzene rings is 1. The summed E-state index contributed by atoms with van der Waals surface area (Å²) in [4.78, 5) is 4.45. The van der Waals surface area contributed by atoms with E-state index in [1.807, 2.05) is 10.6 Å². The van der Waals surface area contributed by atoms with Crippen LogP contribution in [0.5, 0.6) is 0 Å². The fraction of sp³-hybridized carbons (Fsp3) is 0.611. The molecule has 1 unspecified atom stereocenters. The molecular weight excluding hydrogens is 302 g/mol. The number of nitrogens with one attached hydrogen (secondary N) is 2. The van der Waals surface area contributed by atoms with Gasteiger partial charge in [0.05, 0.1) is 23.2 Å². The highest BCUT2D eigenvalue weighted by molar-refractivity contribution is 5.79. The van der Waals surface area contributed by atoms with Crippen LogP contribution < -0.4 is 16.4 Å². The van der Waals surface area contributed by atoms with Crippen LogP contribution in [0.1, 0.15) is 32.3 Å². The molecule has 1 aromatic heterocycles. The molecule has 24 heavy (non-hydrogen) atoms. The van der Waals surface area contributed by atoms with Crippen LogP contribution >= 0.6 is 0 Å². The molecule has 3 rings (SSSR count). The minimum Gasteiger partial charge on any atom is -0.389 e. The number of nitrogens with two attached hydrogens (primary N) is 1. The van der Waals surface area contributed by atoms with Gasteiger partial charge in [0.25, 0.3) is 0 Å². The third-order valence-corrected chi connectivity index (χ3v) is 4.55. The summed E-state index contributed by atoms with van der Waals surface area (Å²) < 4.78 is 1.88. The van der Waals surface area contributed by atoms with E-state index in [0.29, 0.717) is 12.5 Å². The highest BCUT2D eigenvalue weighted by atomic mass is 16.3. The molecule has 0 bridgehead atoms. The lowest BCUT2D eigenvalue weighted by atomic mass is 10.00. The second-order valence-electron chi connectivity index (χ2n) is 7.53. The maximum absolute atomic E-state index is 10.0. The van der Waals surface area contributed by atoms with Gasteiger partial charge in [-0.3, -0.25) is 0 Å². The lowest BCUT2D eigenvalue weighted by Crippen LogP contribution is -2.35. The molecule has 6 heteroatoms. The number of piperidine rings is 1. The van der Waals surface area contributed by atoms with Crippen LogP contribution in [0.15, 0.2) is 18.2 Å². The van der Waals surface area contributed by atoms with E-state index in [-0.39, 0.29) is 0 Å². The summed E-state index contributed by atoms with van der Waals surface area (Å²) in [6, 6.07) is 6.23. The summed E-state index contributed by atoms with van der Waals surface area (Å²) in [5.74, 6) is 1.18. The Labute approximate surface area is 143 Å². The molecule has 0 spiro atoms. The second kappa shape index (κ2) is 7.09. The van der Waals surface area contributed by atoms with Crippen LogP contribution in [-0.4, -0.2) is 39.9 Å². The first-order valence-corrected chi connectivity index (χ1v) is 8.81. The first-order valence-electron chi connectivity index (χ1n) is 8.81. The van der Waals surface area contributed by atoms with Crippen LogP contribution in [0.4, 0.5) is 5.95 Å². The van der Waals surface area contributed by atoms with Crippen molar-refractivity contribution in [2.75, 3.05) is 25.4 Å². The first-order chi connectivity index (χ1) is 11.4. The molecule has 1 aliphatic heterocycles. The third kappa shape index (κ3) is 4.26. The molecule has 0 saturated carbocycles. The van der Waals surface area contributed by atoms with Gasteiger partial charge in [0.1, 0.15) is 0 Å². The Morgan fingerprint density at radius 1 is 1.46 bits per heavy atom. The van der Waals surface area contributed by atoms with E-state index in [1.54, 1.807) is 13.8 Å². The summed E-state index contributed by atoms with van der Waals surface area (Å²) in [6.07, 6.45) is 2.58. The van der Waals surface area contributed by atoms with Crippen LogP contribution in [0.3, 0.4) is 0 Å². The van der Waals surface area contributed by atoms with Gasteiger partial charge in [0.2, 0.25) is 5.95 Å². The van der Waals surface area contributed by atoms with Crippen LogP contribution in [0.25, 0.3) is 11.0 Å². The van der Waals surface area contributed by atoms with Crippen molar-refractivity contribution in [2.45, 2.75) is 45.4 Å². The van der Waals surface area contributed by atoms with E-state index in [9.17, 15) is 5.11 Å². The van der Waals surface area contributed by atoms with Gasteiger partial charge in [0.15, 0.2) is 0 Å². The monoisotopic (exact) mass is 331 g/mol. The van der Waals surface area contributed by atoms with Gasteiger partial charge in [-0.25, -0.2) is 4.98 Å². The van der Waals surface area contributed by atoms with E-state index in [4.69, 9.17) is 5.73 Å². The van der Waals surface area contributed by atoms with E-state index in [1.165, 1.54) is 18.4 Å². The van der Waals surface area contributed by atoms with Gasteiger partial charge in [-0.15, -0.1) is 0 Å². The van der Waals surface area contributed by atoms with Crippen molar-refractivity contribution in [3.8, 4) is 0 Å². The molecule has 1 aromatic carbocycles. The average molecular weight is 331 g/mol. The van der Waals surface area contributed by atoms with Crippen LogP contribution in [-0.2, 0) is 13.1 Å². The van der Waals surface area contributed by atoms with Crippen molar-refractivity contribution in [1.29, 1.82) is 0 Å². The molecule has 1 fully saturated rings. The zero-order valence-electron chi connectivity index (χ0n) is 14.7. The highest BCUT2D eigenvalue weighted by Gasteiger charge is 2.18. The topological polar surface area (TPSA) is 88.1 Å². The molecule has 5 N–H and O–H groups in total. The summed E-state index contributed by atoms with van der Waals surface area (Å²) in [5, 5.41) is 17.0. The van der Waals surface area contributed by atoms with E-state index in [2.05, 4.69) is 27.8 Å². The van der Waals surface area contributed by atoms with Crippen molar-refractivity contribution < 1.29 is 5.11 Å². The fourth-order valence-electron chi connectivity index (χ4n) is 3.38. The summed E-state index contributed by atoms with van der Waals surface area (Å²) in [7, 11) is 0. The lowest BCUT2D eigenvalue weighted by Gasteiger charge is -2.23. The lowest BCUT2D eigenvalue weighted by molar-refractivity contribution is 0.0633. The van der Waals surface area contributed by atoms with Crippen molar-refractivity contribution in [1.82, 2.24) is 20.2 Å². The molecule has 0 amide bonds. The van der Waals surface area contributed by atoms with Gasteiger partial charge in [-0.05, 0) is 69.9 Å². The molecule has 1 saturated heterocycles. The van der Waals surface area contributed by atoms with Crippen molar-refractivity contribution in [3.63, 3.8) is 0 Å². The number of fused-ring (bicyclic) bond motifs is 1. The Hall–Kier alpha value is -1.63. The minimum absolute atomic E-state index is 0.432. The number of anilines is 1. The number of rotatable bonds is 6. The first kappa shape index (κ1) is 17.2. The Balaban J connectivity index is 1.65. The predicted molar refractivity (Wildman–Crippen MR) is 97.7 cm³/mol. The van der Waals surface area contributed by atoms with Gasteiger partial charge in [-0.2, -0.15) is 0 Å². The number of hydrogen-bond donors (Lipinski definition) is 4. The van der Waals surface area contributed by atoms with Crippen LogP contribution in [0.2, 0.25) is 0 Å². The van der Waals surface area contributed by atoms with Gasteiger partial charge in [0, 0.05) is 6.54 Å². The number of nitrogen functional groups attached to an aromatic ring is 1. The van der Waals surface area contributed by atoms with Gasteiger partial charge >= 0.3 is 0 Å². The van der Waals surface area contributed by atoms with E-state index < -0.39 is 5.60 Å². The molecular formula is C18H29N5O. The van der Waals surface area contributed by atoms with Gasteiger partial charge < -0.3 is 26.0 Å². The molecule has 1 aliphatic rings. The van der Waals surface area contributed by atoms with E-state index >= 15 is 0 Å². The van der Waals surface area contributed by atoms with E-state index in [0.717, 1.165) is 43.1 Å². The van der Waals surface area contributed by atoms with Crippen molar-refractivity contribution >= 4 is 17.0 Å². The van der Waals surface area contributed by atoms with Crippen molar-refractivity contribution in [2.24, 2.45) is 5.92 Å². The molecule has 1 atom stereocenters. The normalized spacial score (nSPS) is 19.0.